The number of rotatable bonds is 6. The van der Waals surface area contributed by atoms with Gasteiger partial charge in [-0.25, -0.2) is 0 Å². The van der Waals surface area contributed by atoms with Crippen molar-refractivity contribution in [1.29, 1.82) is 0 Å². The molecular formula is C18H23NO. The minimum atomic E-state index is 0.455. The van der Waals surface area contributed by atoms with E-state index in [1.807, 2.05) is 19.2 Å². The smallest absolute Gasteiger partial charge is 0.122 e. The summed E-state index contributed by atoms with van der Waals surface area (Å²) in [6, 6.07) is 17.1. The summed E-state index contributed by atoms with van der Waals surface area (Å²) in [5.74, 6) is 1.43. The zero-order valence-electron chi connectivity index (χ0n) is 12.5. The second-order valence-corrected chi connectivity index (χ2v) is 5.18. The summed E-state index contributed by atoms with van der Waals surface area (Å²) in [5.41, 5.74) is 3.93. The van der Waals surface area contributed by atoms with E-state index < -0.39 is 0 Å². The number of ether oxygens (including phenoxy) is 1. The third kappa shape index (κ3) is 3.61. The largest absolute Gasteiger partial charge is 0.496 e. The van der Waals surface area contributed by atoms with Crippen LogP contribution in [0.15, 0.2) is 48.5 Å². The van der Waals surface area contributed by atoms with Gasteiger partial charge in [0, 0.05) is 12.5 Å². The molecule has 0 bridgehead atoms. The highest BCUT2D eigenvalue weighted by Crippen LogP contribution is 2.26. The molecule has 106 valence electrons. The van der Waals surface area contributed by atoms with Crippen LogP contribution in [0.1, 0.15) is 22.6 Å². The van der Waals surface area contributed by atoms with Gasteiger partial charge in [-0.05, 0) is 37.6 Å². The summed E-state index contributed by atoms with van der Waals surface area (Å²) in [7, 11) is 3.74. The molecule has 0 aliphatic heterocycles. The predicted octanol–water partition coefficient (Wildman–Crippen LogP) is 3.55. The quantitative estimate of drug-likeness (QED) is 0.866. The van der Waals surface area contributed by atoms with Gasteiger partial charge in [0.1, 0.15) is 5.75 Å². The molecule has 2 rings (SSSR count). The topological polar surface area (TPSA) is 21.3 Å². The molecular weight excluding hydrogens is 246 g/mol. The molecule has 0 fully saturated rings. The van der Waals surface area contributed by atoms with E-state index in [9.17, 15) is 0 Å². The number of methoxy groups -OCH3 is 1. The summed E-state index contributed by atoms with van der Waals surface area (Å²) in [6.45, 7) is 3.08. The molecule has 0 heterocycles. The Hall–Kier alpha value is -1.80. The lowest BCUT2D eigenvalue weighted by atomic mass is 9.91. The van der Waals surface area contributed by atoms with Crippen molar-refractivity contribution in [3.8, 4) is 5.75 Å². The second-order valence-electron chi connectivity index (χ2n) is 5.18. The molecule has 0 aliphatic rings. The third-order valence-corrected chi connectivity index (χ3v) is 3.66. The molecule has 0 saturated heterocycles. The van der Waals surface area contributed by atoms with E-state index in [1.165, 1.54) is 16.7 Å². The fourth-order valence-corrected chi connectivity index (χ4v) is 2.53. The molecule has 2 nitrogen and oxygen atoms in total. The minimum Gasteiger partial charge on any atom is -0.496 e. The number of benzene rings is 2. The van der Waals surface area contributed by atoms with E-state index in [0.717, 1.165) is 18.7 Å². The van der Waals surface area contributed by atoms with Crippen LogP contribution in [-0.4, -0.2) is 20.7 Å². The van der Waals surface area contributed by atoms with E-state index in [1.54, 1.807) is 7.11 Å². The van der Waals surface area contributed by atoms with Gasteiger partial charge < -0.3 is 10.1 Å². The number of hydrogen-bond donors (Lipinski definition) is 1. The molecule has 0 aliphatic carbocycles. The zero-order valence-corrected chi connectivity index (χ0v) is 12.5. The first-order chi connectivity index (χ1) is 9.74. The zero-order chi connectivity index (χ0) is 14.4. The Bertz CT molecular complexity index is 533. The van der Waals surface area contributed by atoms with Gasteiger partial charge in [0.05, 0.1) is 7.11 Å². The predicted molar refractivity (Wildman–Crippen MR) is 84.5 cm³/mol. The van der Waals surface area contributed by atoms with E-state index in [2.05, 4.69) is 48.6 Å². The van der Waals surface area contributed by atoms with Crippen molar-refractivity contribution in [1.82, 2.24) is 5.32 Å². The molecule has 1 unspecified atom stereocenters. The Morgan fingerprint density at radius 3 is 2.40 bits per heavy atom. The normalized spacial score (nSPS) is 12.2. The van der Waals surface area contributed by atoms with Gasteiger partial charge in [-0.1, -0.05) is 48.0 Å². The highest BCUT2D eigenvalue weighted by atomic mass is 16.5. The lowest BCUT2D eigenvalue weighted by Gasteiger charge is -2.19. The maximum Gasteiger partial charge on any atom is 0.122 e. The van der Waals surface area contributed by atoms with Crippen LogP contribution in [0.4, 0.5) is 0 Å². The van der Waals surface area contributed by atoms with Gasteiger partial charge in [-0.2, -0.15) is 0 Å². The van der Waals surface area contributed by atoms with Gasteiger partial charge in [0.2, 0.25) is 0 Å². The molecule has 0 spiro atoms. The number of likely N-dealkylation sites (N-methyl/N-ethyl adjacent to an activating group) is 1. The van der Waals surface area contributed by atoms with Gasteiger partial charge in [-0.15, -0.1) is 0 Å². The SMILES string of the molecule is CNCC(Cc1ccccc1OC)c1ccc(C)cc1. The molecule has 1 atom stereocenters. The van der Waals surface area contributed by atoms with Crippen molar-refractivity contribution in [3.05, 3.63) is 65.2 Å². The molecule has 0 saturated carbocycles. The Morgan fingerprint density at radius 1 is 1.05 bits per heavy atom. The van der Waals surface area contributed by atoms with Crippen molar-refractivity contribution in [2.75, 3.05) is 20.7 Å². The average Bonchev–Trinajstić information content (AvgIpc) is 2.48. The van der Waals surface area contributed by atoms with Crippen LogP contribution in [0.2, 0.25) is 0 Å². The molecule has 0 radical (unpaired) electrons. The van der Waals surface area contributed by atoms with Crippen LogP contribution in [0.3, 0.4) is 0 Å². The maximum absolute atomic E-state index is 5.46. The highest BCUT2D eigenvalue weighted by molar-refractivity contribution is 5.36. The highest BCUT2D eigenvalue weighted by Gasteiger charge is 2.14. The lowest BCUT2D eigenvalue weighted by Crippen LogP contribution is -2.19. The summed E-state index contributed by atoms with van der Waals surface area (Å²) >= 11 is 0. The Kier molecular flexibility index (Phi) is 5.19. The average molecular weight is 269 g/mol. The Balaban J connectivity index is 2.23. The van der Waals surface area contributed by atoms with Crippen molar-refractivity contribution < 1.29 is 4.74 Å². The fourth-order valence-electron chi connectivity index (χ4n) is 2.53. The van der Waals surface area contributed by atoms with Gasteiger partial charge in [0.25, 0.3) is 0 Å². The third-order valence-electron chi connectivity index (χ3n) is 3.66. The number of hydrogen-bond acceptors (Lipinski definition) is 2. The summed E-state index contributed by atoms with van der Waals surface area (Å²) in [5, 5.41) is 3.30. The van der Waals surface area contributed by atoms with Gasteiger partial charge >= 0.3 is 0 Å². The summed E-state index contributed by atoms with van der Waals surface area (Å²) in [6.07, 6.45) is 0.980. The number of para-hydroxylation sites is 1. The summed E-state index contributed by atoms with van der Waals surface area (Å²) in [4.78, 5) is 0. The molecule has 0 amide bonds. The van der Waals surface area contributed by atoms with Crippen molar-refractivity contribution >= 4 is 0 Å². The van der Waals surface area contributed by atoms with Crippen LogP contribution in [0.25, 0.3) is 0 Å². The van der Waals surface area contributed by atoms with Crippen LogP contribution >= 0.6 is 0 Å². The number of nitrogens with one attached hydrogen (secondary N) is 1. The Labute approximate surface area is 121 Å². The maximum atomic E-state index is 5.46. The van der Waals surface area contributed by atoms with E-state index in [4.69, 9.17) is 4.74 Å². The second kappa shape index (κ2) is 7.11. The molecule has 2 heteroatoms. The van der Waals surface area contributed by atoms with Crippen LogP contribution < -0.4 is 10.1 Å². The molecule has 2 aromatic carbocycles. The van der Waals surface area contributed by atoms with E-state index in [0.29, 0.717) is 5.92 Å². The van der Waals surface area contributed by atoms with Gasteiger partial charge in [0.15, 0.2) is 0 Å². The van der Waals surface area contributed by atoms with Crippen LogP contribution in [0, 0.1) is 6.92 Å². The fraction of sp³-hybridized carbons (Fsp3) is 0.333. The lowest BCUT2D eigenvalue weighted by molar-refractivity contribution is 0.407. The molecule has 1 N–H and O–H groups in total. The van der Waals surface area contributed by atoms with Gasteiger partial charge in [-0.3, -0.25) is 0 Å². The molecule has 2 aromatic rings. The Morgan fingerprint density at radius 2 is 1.75 bits per heavy atom. The van der Waals surface area contributed by atoms with Crippen molar-refractivity contribution in [2.45, 2.75) is 19.3 Å². The minimum absolute atomic E-state index is 0.455. The van der Waals surface area contributed by atoms with Crippen molar-refractivity contribution in [3.63, 3.8) is 0 Å². The van der Waals surface area contributed by atoms with Crippen LogP contribution in [0.5, 0.6) is 5.75 Å². The molecule has 20 heavy (non-hydrogen) atoms. The van der Waals surface area contributed by atoms with Crippen LogP contribution in [-0.2, 0) is 6.42 Å². The number of aryl methyl sites for hydroxylation is 1. The van der Waals surface area contributed by atoms with E-state index in [-0.39, 0.29) is 0 Å². The first-order valence-electron chi connectivity index (χ1n) is 7.07. The monoisotopic (exact) mass is 269 g/mol. The van der Waals surface area contributed by atoms with Crippen molar-refractivity contribution in [2.24, 2.45) is 0 Å². The molecule has 0 aromatic heterocycles. The first-order valence-corrected chi connectivity index (χ1v) is 7.07. The first kappa shape index (κ1) is 14.6. The summed E-state index contributed by atoms with van der Waals surface area (Å²) < 4.78 is 5.46. The standard InChI is InChI=1S/C18H23NO/c1-14-8-10-15(11-9-14)17(13-19-2)12-16-6-4-5-7-18(16)20-3/h4-11,17,19H,12-13H2,1-3H3. The van der Waals surface area contributed by atoms with E-state index >= 15 is 0 Å².